The zero-order chi connectivity index (χ0) is 20.6. The summed E-state index contributed by atoms with van der Waals surface area (Å²) >= 11 is 1.50. The van der Waals surface area contributed by atoms with E-state index in [2.05, 4.69) is 118 Å². The Morgan fingerprint density at radius 2 is 1.20 bits per heavy atom. The summed E-state index contributed by atoms with van der Waals surface area (Å²) in [5.41, 5.74) is 0. The second-order valence-electron chi connectivity index (χ2n) is 7.86. The molecule has 4 aromatic rings. The smallest absolute Gasteiger partial charge is 0.0809 e. The van der Waals surface area contributed by atoms with Crippen LogP contribution in [0.25, 0.3) is 21.5 Å². The van der Waals surface area contributed by atoms with Gasteiger partial charge in [-0.25, -0.2) is 0 Å². The minimum atomic E-state index is -1.29. The Balaban J connectivity index is 0.000000407. The number of fused-ring (bicyclic) bond motifs is 2. The van der Waals surface area contributed by atoms with E-state index < -0.39 is 8.32 Å². The van der Waals surface area contributed by atoms with Crippen LogP contribution >= 0.6 is 0 Å². The molecule has 0 fully saturated rings. The quantitative estimate of drug-likeness (QED) is 0.282. The maximum Gasteiger partial charge on any atom is -0.0809 e. The third-order valence-electron chi connectivity index (χ3n) is 4.24. The summed E-state index contributed by atoms with van der Waals surface area (Å²) in [7, 11) is -1.29. The maximum atomic E-state index is 5.82. The molecule has 0 bridgehead atoms. The number of benzene rings is 2. The van der Waals surface area contributed by atoms with E-state index in [1.807, 2.05) is 0 Å². The maximum absolute atomic E-state index is 5.82. The van der Waals surface area contributed by atoms with Gasteiger partial charge in [-0.2, -0.15) is 35.0 Å². The van der Waals surface area contributed by atoms with E-state index in [1.165, 1.54) is 49.0 Å². The van der Waals surface area contributed by atoms with Crippen molar-refractivity contribution in [3.63, 3.8) is 0 Å². The fraction of sp³-hybridized carbons (Fsp3) is 0.240. The topological polar surface area (TPSA) is 9.23 Å². The van der Waals surface area contributed by atoms with Crippen molar-refractivity contribution in [3.05, 3.63) is 84.9 Å². The molecule has 0 aromatic heterocycles. The largest absolute Gasteiger partial charge is 1.00 e. The summed E-state index contributed by atoms with van der Waals surface area (Å²) in [5.74, 6) is 0. The van der Waals surface area contributed by atoms with Crippen LogP contribution in [-0.4, -0.2) is 17.6 Å². The monoisotopic (exact) mass is 534 g/mol. The van der Waals surface area contributed by atoms with Gasteiger partial charge in [-0.05, 0) is 0 Å². The molecule has 160 valence electrons. The van der Waals surface area contributed by atoms with Gasteiger partial charge in [0, 0.05) is 0 Å². The van der Waals surface area contributed by atoms with E-state index in [-0.39, 0.29) is 24.8 Å². The Labute approximate surface area is 209 Å². The number of rotatable bonds is 3. The van der Waals surface area contributed by atoms with Crippen LogP contribution in [0.5, 0.6) is 0 Å². The van der Waals surface area contributed by atoms with Crippen LogP contribution in [0.1, 0.15) is 13.8 Å². The molecule has 0 aliphatic carbocycles. The summed E-state index contributed by atoms with van der Waals surface area (Å²) in [4.78, 5) is 0. The van der Waals surface area contributed by atoms with E-state index in [1.54, 1.807) is 0 Å². The van der Waals surface area contributed by atoms with Gasteiger partial charge < -0.3 is 24.8 Å². The van der Waals surface area contributed by atoms with Crippen LogP contribution in [0.4, 0.5) is 0 Å². The molecule has 0 heterocycles. The van der Waals surface area contributed by atoms with Gasteiger partial charge in [0.05, 0.1) is 0 Å². The zero-order valence-electron chi connectivity index (χ0n) is 18.3. The molecule has 0 radical (unpaired) electrons. The molecule has 30 heavy (non-hydrogen) atoms. The molecule has 0 amide bonds. The van der Waals surface area contributed by atoms with Crippen molar-refractivity contribution in [2.45, 2.75) is 39.6 Å². The Hall–Kier alpha value is -0.830. The first-order valence-corrected chi connectivity index (χ1v) is 14.3. The molecule has 0 aliphatic rings. The van der Waals surface area contributed by atoms with Gasteiger partial charge in [-0.3, -0.25) is 0 Å². The van der Waals surface area contributed by atoms with E-state index >= 15 is 0 Å². The van der Waals surface area contributed by atoms with Crippen molar-refractivity contribution in [3.8, 4) is 0 Å². The Morgan fingerprint density at radius 1 is 0.800 bits per heavy atom. The molecule has 5 heteroatoms. The summed E-state index contributed by atoms with van der Waals surface area (Å²) in [6, 6.07) is 29.3. The number of hydrogen-bond donors (Lipinski definition) is 0. The van der Waals surface area contributed by atoms with Gasteiger partial charge in [0.2, 0.25) is 0 Å². The van der Waals surface area contributed by atoms with Crippen molar-refractivity contribution in [1.82, 2.24) is 0 Å². The molecular formula is C25H30Cl2OSiZr-2. The summed E-state index contributed by atoms with van der Waals surface area (Å²) in [6.45, 7) is 11.0. The molecule has 0 aliphatic heterocycles. The predicted octanol–water partition coefficient (Wildman–Crippen LogP) is 1.09. The zero-order valence-corrected chi connectivity index (χ0v) is 23.3. The van der Waals surface area contributed by atoms with Crippen LogP contribution in [0, 0.1) is 0 Å². The first kappa shape index (κ1) is 29.2. The molecule has 0 saturated heterocycles. The van der Waals surface area contributed by atoms with Gasteiger partial charge in [0.1, 0.15) is 0 Å². The van der Waals surface area contributed by atoms with E-state index in [4.69, 9.17) is 4.43 Å². The van der Waals surface area contributed by atoms with Gasteiger partial charge >= 0.3 is 79.8 Å². The molecule has 1 unspecified atom stereocenters. The molecule has 0 saturated carbocycles. The van der Waals surface area contributed by atoms with Crippen molar-refractivity contribution < 1.29 is 53.5 Å². The average molecular weight is 537 g/mol. The molecule has 1 nitrogen and oxygen atoms in total. The third-order valence-corrected chi connectivity index (χ3v) is 6.30. The Bertz CT molecular complexity index is 874. The van der Waals surface area contributed by atoms with Crippen molar-refractivity contribution in [2.75, 3.05) is 0 Å². The van der Waals surface area contributed by atoms with E-state index in [0.717, 1.165) is 0 Å². The Morgan fingerprint density at radius 3 is 1.50 bits per heavy atom. The minimum Gasteiger partial charge on any atom is -1.00 e. The minimum absolute atomic E-state index is 0. The summed E-state index contributed by atoms with van der Waals surface area (Å²) in [6.07, 6.45) is 0.380. The van der Waals surface area contributed by atoms with Gasteiger partial charge in [-0.15, -0.1) is 59.3 Å². The van der Waals surface area contributed by atoms with Gasteiger partial charge in [-0.1, -0.05) is 12.1 Å². The normalized spacial score (nSPS) is 11.2. The molecular weight excluding hydrogens is 506 g/mol. The van der Waals surface area contributed by atoms with Crippen molar-refractivity contribution in [2.24, 2.45) is 0 Å². The van der Waals surface area contributed by atoms with Crippen LogP contribution in [0.15, 0.2) is 84.9 Å². The van der Waals surface area contributed by atoms with E-state index in [0.29, 0.717) is 6.10 Å². The molecule has 0 N–H and O–H groups in total. The molecule has 4 aromatic carbocycles. The standard InChI is InChI=1S/2C9H7.C7H16OSi.2ClH.Zr/c2*1-2-5-9-7-3-6-8(9)4-1;1-6-7(2)8-9(3,4)5;;;/h2*1-7H;7H,1-5H3;2*1H;/q2*-1;;;;+2/p-2. The van der Waals surface area contributed by atoms with Gasteiger partial charge in [0.25, 0.3) is 0 Å². The fourth-order valence-corrected chi connectivity index (χ4v) is 4.43. The Kier molecular flexibility index (Phi) is 13.9. The third kappa shape index (κ3) is 10.5. The second-order valence-corrected chi connectivity index (χ2v) is 14.3. The number of halogens is 2. The van der Waals surface area contributed by atoms with Crippen LogP contribution in [0.3, 0.4) is 0 Å². The van der Waals surface area contributed by atoms with Crippen LogP contribution in [0.2, 0.25) is 19.6 Å². The van der Waals surface area contributed by atoms with Crippen LogP contribution in [-0.2, 0) is 28.7 Å². The molecule has 1 atom stereocenters. The second kappa shape index (κ2) is 14.3. The van der Waals surface area contributed by atoms with Gasteiger partial charge in [0.15, 0.2) is 0 Å². The summed E-state index contributed by atoms with van der Waals surface area (Å²) < 4.78 is 7.28. The van der Waals surface area contributed by atoms with Crippen molar-refractivity contribution in [1.29, 1.82) is 0 Å². The average Bonchev–Trinajstić information content (AvgIpc) is 3.30. The summed E-state index contributed by atoms with van der Waals surface area (Å²) in [5, 5.41) is 5.32. The van der Waals surface area contributed by atoms with E-state index in [9.17, 15) is 0 Å². The van der Waals surface area contributed by atoms with Crippen LogP contribution < -0.4 is 24.8 Å². The molecule has 4 rings (SSSR count). The van der Waals surface area contributed by atoms with Crippen molar-refractivity contribution >= 4 is 33.1 Å². The molecule has 0 spiro atoms. The first-order valence-electron chi connectivity index (χ1n) is 9.70. The predicted molar refractivity (Wildman–Crippen MR) is 124 cm³/mol. The SMILES string of the molecule is C[C](=[Zr+2])C(C)O[Si](C)(C)C.[Cl-].[Cl-].c1ccc2[cH-]ccc2c1.c1ccc2[cH-]ccc2c1. The number of hydrogen-bond acceptors (Lipinski definition) is 1. The fourth-order valence-electron chi connectivity index (χ4n) is 2.76. The first-order chi connectivity index (χ1) is 13.3.